The lowest BCUT2D eigenvalue weighted by Crippen LogP contribution is -2.37. The number of amides is 1. The smallest absolute Gasteiger partial charge is 0.308 e. The Morgan fingerprint density at radius 3 is 2.72 bits per heavy atom. The van der Waals surface area contributed by atoms with Crippen molar-refractivity contribution in [2.75, 3.05) is 18.9 Å². The monoisotopic (exact) mass is 421 g/mol. The topological polar surface area (TPSA) is 72.9 Å². The fourth-order valence-corrected chi connectivity index (χ4v) is 3.69. The summed E-state index contributed by atoms with van der Waals surface area (Å²) in [6.45, 7) is 2.64. The zero-order valence-electron chi connectivity index (χ0n) is 16.2. The molecule has 0 spiro atoms. The number of rotatable bonds is 8. The van der Waals surface area contributed by atoms with Gasteiger partial charge in [0.2, 0.25) is 0 Å². The molecule has 0 bridgehead atoms. The average Bonchev–Trinajstić information content (AvgIpc) is 3.20. The Kier molecular flexibility index (Phi) is 6.87. The van der Waals surface area contributed by atoms with E-state index in [9.17, 15) is 17.6 Å². The van der Waals surface area contributed by atoms with Crippen molar-refractivity contribution >= 4 is 16.0 Å². The molecule has 1 saturated heterocycles. The van der Waals surface area contributed by atoms with E-state index in [2.05, 4.69) is 0 Å². The number of hydrogen-bond donors (Lipinski definition) is 0. The summed E-state index contributed by atoms with van der Waals surface area (Å²) in [6, 6.07) is 12.4. The number of nitrogens with zero attached hydrogens (tertiary/aromatic N) is 1. The third-order valence-electron chi connectivity index (χ3n) is 4.69. The minimum absolute atomic E-state index is 0.00791. The summed E-state index contributed by atoms with van der Waals surface area (Å²) in [5.41, 5.74) is 0.669. The summed E-state index contributed by atoms with van der Waals surface area (Å²) in [7, 11) is -3.65. The average molecular weight is 421 g/mol. The van der Waals surface area contributed by atoms with Crippen LogP contribution in [0.3, 0.4) is 0 Å². The number of carbonyl (C=O) groups is 1. The normalized spacial score (nSPS) is 16.6. The largest absolute Gasteiger partial charge is 0.382 e. The lowest BCUT2D eigenvalue weighted by molar-refractivity contribution is 0.0503. The fraction of sp³-hybridized carbons (Fsp3) is 0.381. The van der Waals surface area contributed by atoms with E-state index >= 15 is 0 Å². The van der Waals surface area contributed by atoms with Crippen molar-refractivity contribution in [3.05, 3.63) is 65.5 Å². The standard InChI is InChI=1S/C21H24FNO5S/c1-2-29(25,26)28-17-8-5-7-16(13-17)14-23(15-18-9-6-12-27-18)21(24)19-10-3-4-11-20(19)22/h3-5,7-8,10-11,13,18H,2,6,9,12,14-15H2,1H3/t18-/m1/s1. The van der Waals surface area contributed by atoms with Crippen molar-refractivity contribution in [3.63, 3.8) is 0 Å². The van der Waals surface area contributed by atoms with Gasteiger partial charge < -0.3 is 13.8 Å². The van der Waals surface area contributed by atoms with E-state index in [0.717, 1.165) is 12.8 Å². The fourth-order valence-electron chi connectivity index (χ4n) is 3.18. The molecule has 8 heteroatoms. The number of ether oxygens (including phenoxy) is 1. The Bertz CT molecular complexity index is 957. The summed E-state index contributed by atoms with van der Waals surface area (Å²) < 4.78 is 48.3. The minimum atomic E-state index is -3.65. The molecular weight excluding hydrogens is 397 g/mol. The van der Waals surface area contributed by atoms with Crippen molar-refractivity contribution in [1.82, 2.24) is 4.90 Å². The third-order valence-corrected chi connectivity index (χ3v) is 5.84. The van der Waals surface area contributed by atoms with Crippen LogP contribution in [-0.2, 0) is 21.4 Å². The molecule has 2 aromatic carbocycles. The lowest BCUT2D eigenvalue weighted by Gasteiger charge is -2.26. The Labute approximate surface area is 170 Å². The number of benzene rings is 2. The molecular formula is C21H24FNO5S. The van der Waals surface area contributed by atoms with Gasteiger partial charge in [-0.05, 0) is 49.6 Å². The molecule has 0 unspecified atom stereocenters. The first-order chi connectivity index (χ1) is 13.9. The van der Waals surface area contributed by atoms with Crippen molar-refractivity contribution < 1.29 is 26.5 Å². The molecule has 1 aliphatic rings. The van der Waals surface area contributed by atoms with Crippen LogP contribution in [0.4, 0.5) is 4.39 Å². The SMILES string of the molecule is CCS(=O)(=O)Oc1cccc(CN(C[C@H]2CCCO2)C(=O)c2ccccc2F)c1. The highest BCUT2D eigenvalue weighted by Gasteiger charge is 2.25. The van der Waals surface area contributed by atoms with Gasteiger partial charge in [0.05, 0.1) is 17.4 Å². The Balaban J connectivity index is 1.83. The van der Waals surface area contributed by atoms with Crippen molar-refractivity contribution in [1.29, 1.82) is 0 Å². The summed E-state index contributed by atoms with van der Waals surface area (Å²) in [6.07, 6.45) is 1.65. The van der Waals surface area contributed by atoms with E-state index in [0.29, 0.717) is 18.7 Å². The molecule has 0 saturated carbocycles. The number of halogens is 1. The van der Waals surface area contributed by atoms with Gasteiger partial charge in [-0.25, -0.2) is 4.39 Å². The van der Waals surface area contributed by atoms with Crippen LogP contribution in [0.5, 0.6) is 5.75 Å². The van der Waals surface area contributed by atoms with E-state index in [-0.39, 0.29) is 29.7 Å². The highest BCUT2D eigenvalue weighted by Crippen LogP contribution is 2.21. The molecule has 1 amide bonds. The van der Waals surface area contributed by atoms with Gasteiger partial charge in [0.1, 0.15) is 11.6 Å². The van der Waals surface area contributed by atoms with Gasteiger partial charge in [0.15, 0.2) is 0 Å². The van der Waals surface area contributed by atoms with Crippen LogP contribution in [0.1, 0.15) is 35.7 Å². The third kappa shape index (κ3) is 5.77. The first-order valence-corrected chi connectivity index (χ1v) is 11.1. The summed E-state index contributed by atoms with van der Waals surface area (Å²) in [5.74, 6) is -0.986. The molecule has 2 aromatic rings. The van der Waals surface area contributed by atoms with Gasteiger partial charge >= 0.3 is 10.1 Å². The Hall–Kier alpha value is -2.45. The maximum absolute atomic E-state index is 14.2. The second-order valence-corrected chi connectivity index (χ2v) is 8.74. The van der Waals surface area contributed by atoms with E-state index in [1.54, 1.807) is 30.3 Å². The molecule has 0 radical (unpaired) electrons. The van der Waals surface area contributed by atoms with Crippen LogP contribution in [0.15, 0.2) is 48.5 Å². The van der Waals surface area contributed by atoms with Crippen LogP contribution >= 0.6 is 0 Å². The summed E-state index contributed by atoms with van der Waals surface area (Å²) in [4.78, 5) is 14.6. The molecule has 0 aliphatic carbocycles. The molecule has 0 N–H and O–H groups in total. The maximum atomic E-state index is 14.2. The van der Waals surface area contributed by atoms with E-state index in [1.807, 2.05) is 0 Å². The number of hydrogen-bond acceptors (Lipinski definition) is 5. The van der Waals surface area contributed by atoms with E-state index in [1.165, 1.54) is 30.0 Å². The molecule has 3 rings (SSSR count). The van der Waals surface area contributed by atoms with Crippen LogP contribution in [0, 0.1) is 5.82 Å². The van der Waals surface area contributed by atoms with Crippen molar-refractivity contribution in [2.24, 2.45) is 0 Å². The zero-order valence-corrected chi connectivity index (χ0v) is 17.0. The summed E-state index contributed by atoms with van der Waals surface area (Å²) in [5, 5.41) is 0. The highest BCUT2D eigenvalue weighted by atomic mass is 32.2. The van der Waals surface area contributed by atoms with Crippen LogP contribution in [-0.4, -0.2) is 44.2 Å². The Morgan fingerprint density at radius 1 is 1.24 bits per heavy atom. The molecule has 29 heavy (non-hydrogen) atoms. The predicted molar refractivity (Wildman–Crippen MR) is 107 cm³/mol. The quantitative estimate of drug-likeness (QED) is 0.611. The first-order valence-electron chi connectivity index (χ1n) is 9.54. The second kappa shape index (κ2) is 9.37. The van der Waals surface area contributed by atoms with Gasteiger partial charge in [0.25, 0.3) is 5.91 Å². The lowest BCUT2D eigenvalue weighted by atomic mass is 10.1. The Morgan fingerprint density at radius 2 is 2.03 bits per heavy atom. The maximum Gasteiger partial charge on any atom is 0.308 e. The first kappa shape index (κ1) is 21.3. The van der Waals surface area contributed by atoms with Crippen LogP contribution in [0.25, 0.3) is 0 Å². The van der Waals surface area contributed by atoms with Gasteiger partial charge in [-0.1, -0.05) is 24.3 Å². The molecule has 1 aliphatic heterocycles. The van der Waals surface area contributed by atoms with Gasteiger partial charge in [-0.15, -0.1) is 0 Å². The van der Waals surface area contributed by atoms with Gasteiger partial charge in [-0.2, -0.15) is 8.42 Å². The van der Waals surface area contributed by atoms with Crippen LogP contribution in [0.2, 0.25) is 0 Å². The molecule has 1 atom stereocenters. The highest BCUT2D eigenvalue weighted by molar-refractivity contribution is 7.87. The number of carbonyl (C=O) groups excluding carboxylic acids is 1. The second-order valence-electron chi connectivity index (χ2n) is 6.88. The minimum Gasteiger partial charge on any atom is -0.382 e. The molecule has 0 aromatic heterocycles. The van der Waals surface area contributed by atoms with Crippen molar-refractivity contribution in [2.45, 2.75) is 32.4 Å². The van der Waals surface area contributed by atoms with Gasteiger partial charge in [-0.3, -0.25) is 4.79 Å². The van der Waals surface area contributed by atoms with Crippen LogP contribution < -0.4 is 4.18 Å². The molecule has 1 fully saturated rings. The molecule has 156 valence electrons. The zero-order chi connectivity index (χ0) is 20.9. The van der Waals surface area contributed by atoms with E-state index < -0.39 is 21.8 Å². The summed E-state index contributed by atoms with van der Waals surface area (Å²) >= 11 is 0. The van der Waals surface area contributed by atoms with Gasteiger partial charge in [0, 0.05) is 19.7 Å². The molecule has 6 nitrogen and oxygen atoms in total. The predicted octanol–water partition coefficient (Wildman–Crippen LogP) is 3.38. The van der Waals surface area contributed by atoms with Crippen molar-refractivity contribution in [3.8, 4) is 5.75 Å². The van der Waals surface area contributed by atoms with E-state index in [4.69, 9.17) is 8.92 Å². The molecule has 1 heterocycles.